The number of benzene rings is 2. The molecule has 2 unspecified atom stereocenters. The van der Waals surface area contributed by atoms with Crippen molar-refractivity contribution in [3.8, 4) is 11.1 Å². The highest BCUT2D eigenvalue weighted by molar-refractivity contribution is 6.01. The van der Waals surface area contributed by atoms with Crippen molar-refractivity contribution in [1.82, 2.24) is 4.90 Å². The number of nitrogens with zero attached hydrogens (tertiary/aromatic N) is 2. The van der Waals surface area contributed by atoms with Crippen molar-refractivity contribution in [1.29, 1.82) is 16.5 Å². The summed E-state index contributed by atoms with van der Waals surface area (Å²) in [5.41, 5.74) is 18.6. The number of nitrogens with one attached hydrogen (secondary N) is 3. The second kappa shape index (κ2) is 13.3. The van der Waals surface area contributed by atoms with Crippen LogP contribution in [0.1, 0.15) is 58.1 Å². The van der Waals surface area contributed by atoms with E-state index in [1.807, 2.05) is 60.4 Å². The fraction of sp³-hybridized carbons (Fsp3) is 0.400. The van der Waals surface area contributed by atoms with E-state index < -0.39 is 23.7 Å². The van der Waals surface area contributed by atoms with Gasteiger partial charge >= 0.3 is 11.9 Å². The Kier molecular flexibility index (Phi) is 10.1. The number of cyclic esters (lactones) is 1. The lowest BCUT2D eigenvalue weighted by Crippen LogP contribution is -2.52. The van der Waals surface area contributed by atoms with E-state index in [4.69, 9.17) is 36.7 Å². The molecular weight excluding hydrogens is 524 g/mol. The van der Waals surface area contributed by atoms with Gasteiger partial charge in [-0.3, -0.25) is 15.2 Å². The van der Waals surface area contributed by atoms with Gasteiger partial charge in [-0.05, 0) is 49.5 Å². The summed E-state index contributed by atoms with van der Waals surface area (Å²) in [5, 5.41) is 18.8. The second-order valence-electron chi connectivity index (χ2n) is 10.6. The van der Waals surface area contributed by atoms with E-state index in [0.717, 1.165) is 34.5 Å². The summed E-state index contributed by atoms with van der Waals surface area (Å²) in [7, 11) is 0. The van der Waals surface area contributed by atoms with Crippen LogP contribution in [0, 0.1) is 16.5 Å². The number of carbonyl (C=O) groups excluding carboxylic acids is 2. The summed E-state index contributed by atoms with van der Waals surface area (Å²) < 4.78 is 10.8. The Labute approximate surface area is 239 Å². The van der Waals surface area contributed by atoms with Crippen LogP contribution in [0.4, 0.5) is 0 Å². The molecule has 0 bridgehead atoms. The molecule has 2 aromatic rings. The highest BCUT2D eigenvalue weighted by atomic mass is 16.6. The molecule has 2 atom stereocenters. The zero-order valence-corrected chi connectivity index (χ0v) is 23.9. The maximum atomic E-state index is 13.5. The van der Waals surface area contributed by atoms with Crippen molar-refractivity contribution in [3.05, 3.63) is 71.0 Å². The maximum absolute atomic E-state index is 13.5. The number of aliphatic imine (C=N–C) groups is 1. The minimum absolute atomic E-state index is 0.00417. The summed E-state index contributed by atoms with van der Waals surface area (Å²) in [6.07, 6.45) is 1.65. The molecule has 41 heavy (non-hydrogen) atoms. The molecule has 0 amide bonds. The number of aliphatic hydroxyl groups is 1. The van der Waals surface area contributed by atoms with Crippen LogP contribution in [0.5, 0.6) is 0 Å². The molecule has 2 aliphatic rings. The van der Waals surface area contributed by atoms with E-state index in [-0.39, 0.29) is 24.8 Å². The van der Waals surface area contributed by atoms with E-state index >= 15 is 0 Å². The molecule has 2 heterocycles. The standard InChI is InChI=1S/C30H36N4O5.H2N2/c1-5-8-24-33-27(30(3,4)37)26(29(36)38-17-23-18(2)15-25(35)39-23)34(24)16-19-11-13-20(14-12-19)21-9-6-7-10-22(21)28(31)32;1-2/h6-7,9-14,26-27,37H,5,8,15-17H2,1-4H3,(H3,31,32);1-2H. The Morgan fingerprint density at radius 3 is 2.41 bits per heavy atom. The largest absolute Gasteiger partial charge is 0.456 e. The first-order chi connectivity index (χ1) is 19.5. The number of nitrogen functional groups attached to an aromatic ring is 1. The topological polar surface area (TPSA) is 186 Å². The van der Waals surface area contributed by atoms with Crippen LogP contribution in [0.15, 0.2) is 64.9 Å². The first-order valence-corrected chi connectivity index (χ1v) is 13.4. The summed E-state index contributed by atoms with van der Waals surface area (Å²) in [5.74, 6) is 0.198. The molecule has 218 valence electrons. The van der Waals surface area contributed by atoms with Crippen molar-refractivity contribution in [3.63, 3.8) is 0 Å². The quantitative estimate of drug-likeness (QED) is 0.122. The average Bonchev–Trinajstić information content (AvgIpc) is 3.47. The van der Waals surface area contributed by atoms with Crippen molar-refractivity contribution < 1.29 is 24.2 Å². The molecule has 2 aliphatic heterocycles. The lowest BCUT2D eigenvalue weighted by molar-refractivity contribution is -0.152. The SMILES string of the molecule is CCCC1=NC(C(C)(C)O)C(C(=O)OCC2=C(C)CC(=O)O2)N1Cc1ccc(-c2ccccc2C(=N)N)cc1.N=N. The highest BCUT2D eigenvalue weighted by Crippen LogP contribution is 2.32. The van der Waals surface area contributed by atoms with Gasteiger partial charge in [0.15, 0.2) is 6.04 Å². The van der Waals surface area contributed by atoms with Crippen LogP contribution in [0.25, 0.3) is 11.1 Å². The van der Waals surface area contributed by atoms with Gasteiger partial charge < -0.3 is 25.2 Å². The summed E-state index contributed by atoms with van der Waals surface area (Å²) in [6, 6.07) is 13.8. The van der Waals surface area contributed by atoms with Gasteiger partial charge in [0.25, 0.3) is 0 Å². The number of carbonyl (C=O) groups is 2. The zero-order chi connectivity index (χ0) is 30.3. The number of hydrogen-bond acceptors (Lipinski definition) is 10. The fourth-order valence-electron chi connectivity index (χ4n) is 4.96. The predicted octanol–water partition coefficient (Wildman–Crippen LogP) is 4.52. The van der Waals surface area contributed by atoms with Crippen LogP contribution in [0.3, 0.4) is 0 Å². The molecule has 11 nitrogen and oxygen atoms in total. The van der Waals surface area contributed by atoms with E-state index in [1.54, 1.807) is 20.8 Å². The van der Waals surface area contributed by atoms with Gasteiger partial charge in [-0.2, -0.15) is 0 Å². The summed E-state index contributed by atoms with van der Waals surface area (Å²) in [4.78, 5) is 31.8. The number of esters is 2. The van der Waals surface area contributed by atoms with E-state index in [9.17, 15) is 14.7 Å². The molecule has 0 radical (unpaired) electrons. The van der Waals surface area contributed by atoms with E-state index in [0.29, 0.717) is 24.3 Å². The second-order valence-corrected chi connectivity index (χ2v) is 10.6. The Morgan fingerprint density at radius 2 is 1.85 bits per heavy atom. The molecule has 0 aromatic heterocycles. The Hall–Kier alpha value is -4.38. The van der Waals surface area contributed by atoms with E-state index in [2.05, 4.69) is 0 Å². The van der Waals surface area contributed by atoms with Crippen LogP contribution in [0.2, 0.25) is 0 Å². The van der Waals surface area contributed by atoms with Gasteiger partial charge in [0, 0.05) is 18.5 Å². The lowest BCUT2D eigenvalue weighted by Gasteiger charge is -2.33. The van der Waals surface area contributed by atoms with Gasteiger partial charge in [0.2, 0.25) is 0 Å². The normalized spacial score (nSPS) is 18.4. The van der Waals surface area contributed by atoms with Gasteiger partial charge in [-0.1, -0.05) is 55.5 Å². The molecule has 2 aromatic carbocycles. The Bertz CT molecular complexity index is 1350. The smallest absolute Gasteiger partial charge is 0.331 e. The molecule has 0 spiro atoms. The molecule has 0 fully saturated rings. The molecule has 0 aliphatic carbocycles. The molecule has 11 heteroatoms. The summed E-state index contributed by atoms with van der Waals surface area (Å²) in [6.45, 7) is 7.33. The number of amidine groups is 2. The van der Waals surface area contributed by atoms with Crippen molar-refractivity contribution >= 4 is 23.6 Å². The zero-order valence-electron chi connectivity index (χ0n) is 23.9. The van der Waals surface area contributed by atoms with Gasteiger partial charge in [0.1, 0.15) is 30.1 Å². The van der Waals surface area contributed by atoms with Crippen LogP contribution < -0.4 is 5.73 Å². The monoisotopic (exact) mass is 562 g/mol. The van der Waals surface area contributed by atoms with Gasteiger partial charge in [-0.15, -0.1) is 0 Å². The third kappa shape index (κ3) is 7.23. The third-order valence-corrected chi connectivity index (χ3v) is 7.00. The number of rotatable bonds is 10. The lowest BCUT2D eigenvalue weighted by atomic mass is 9.92. The first kappa shape index (κ1) is 31.2. The van der Waals surface area contributed by atoms with Crippen molar-refractivity contribution in [2.45, 2.75) is 71.2 Å². The Morgan fingerprint density at radius 1 is 1.20 bits per heavy atom. The average molecular weight is 563 g/mol. The highest BCUT2D eigenvalue weighted by Gasteiger charge is 2.48. The van der Waals surface area contributed by atoms with E-state index in [1.165, 1.54) is 0 Å². The minimum Gasteiger partial charge on any atom is -0.456 e. The van der Waals surface area contributed by atoms with Crippen LogP contribution >= 0.6 is 0 Å². The Balaban J connectivity index is 0.00000226. The number of hydrogen-bond donors (Lipinski definition) is 5. The first-order valence-electron chi connectivity index (χ1n) is 13.4. The van der Waals surface area contributed by atoms with Crippen molar-refractivity contribution in [2.75, 3.05) is 6.61 Å². The number of nitrogens with two attached hydrogens (primary N) is 1. The van der Waals surface area contributed by atoms with Gasteiger partial charge in [-0.25, -0.2) is 15.9 Å². The molecule has 6 N–H and O–H groups in total. The predicted molar refractivity (Wildman–Crippen MR) is 154 cm³/mol. The number of ether oxygens (including phenoxy) is 2. The van der Waals surface area contributed by atoms with Crippen LogP contribution in [-0.4, -0.2) is 57.9 Å². The molecular formula is C30H38N6O5. The minimum atomic E-state index is -1.27. The van der Waals surface area contributed by atoms with Gasteiger partial charge in [0.05, 0.1) is 12.0 Å². The van der Waals surface area contributed by atoms with Crippen LogP contribution in [-0.2, 0) is 25.6 Å². The molecule has 0 saturated carbocycles. The third-order valence-electron chi connectivity index (χ3n) is 7.00. The maximum Gasteiger partial charge on any atom is 0.331 e. The fourth-order valence-corrected chi connectivity index (χ4v) is 4.96. The molecule has 0 saturated heterocycles. The summed E-state index contributed by atoms with van der Waals surface area (Å²) >= 11 is 0. The van der Waals surface area contributed by atoms with Crippen molar-refractivity contribution in [2.24, 2.45) is 10.7 Å². The molecule has 4 rings (SSSR count).